The van der Waals surface area contributed by atoms with Crippen LogP contribution in [-0.4, -0.2) is 37.2 Å². The van der Waals surface area contributed by atoms with Crippen molar-refractivity contribution in [1.82, 2.24) is 4.90 Å². The number of benzene rings is 2. The van der Waals surface area contributed by atoms with E-state index in [4.69, 9.17) is 9.47 Å². The van der Waals surface area contributed by atoms with E-state index >= 15 is 0 Å². The van der Waals surface area contributed by atoms with E-state index in [1.165, 1.54) is 11.1 Å². The van der Waals surface area contributed by atoms with Crippen molar-refractivity contribution >= 4 is 5.91 Å². The molecule has 1 amide bonds. The van der Waals surface area contributed by atoms with Crippen molar-refractivity contribution in [3.63, 3.8) is 0 Å². The molecule has 1 aliphatic rings. The van der Waals surface area contributed by atoms with Crippen molar-refractivity contribution in [3.05, 3.63) is 65.2 Å². The van der Waals surface area contributed by atoms with Crippen LogP contribution in [0.2, 0.25) is 0 Å². The van der Waals surface area contributed by atoms with E-state index in [0.717, 1.165) is 43.7 Å². The quantitative estimate of drug-likeness (QED) is 0.561. The molecule has 4 heteroatoms. The summed E-state index contributed by atoms with van der Waals surface area (Å²) < 4.78 is 11.4. The molecule has 1 saturated heterocycles. The molecule has 2 atom stereocenters. The SMILES string of the molecule is COc1ccc(CN(CC[C@@]2(c3ccc(C)cc3)CCO[C@H](C(C)C)C2)C(C)=O)cc1. The third-order valence-electron chi connectivity index (χ3n) is 6.75. The second-order valence-electron chi connectivity index (χ2n) is 9.29. The molecule has 1 heterocycles. The number of hydrogen-bond donors (Lipinski definition) is 0. The summed E-state index contributed by atoms with van der Waals surface area (Å²) in [5, 5.41) is 0. The van der Waals surface area contributed by atoms with Crippen LogP contribution in [0.5, 0.6) is 5.75 Å². The number of carbonyl (C=O) groups is 1. The maximum Gasteiger partial charge on any atom is 0.219 e. The van der Waals surface area contributed by atoms with Gasteiger partial charge in [0.1, 0.15) is 5.75 Å². The number of methoxy groups -OCH3 is 1. The van der Waals surface area contributed by atoms with Crippen molar-refractivity contribution < 1.29 is 14.3 Å². The van der Waals surface area contributed by atoms with Gasteiger partial charge in [0.05, 0.1) is 13.2 Å². The Labute approximate surface area is 187 Å². The van der Waals surface area contributed by atoms with Crippen LogP contribution in [0.3, 0.4) is 0 Å². The smallest absolute Gasteiger partial charge is 0.219 e. The van der Waals surface area contributed by atoms with Gasteiger partial charge in [-0.15, -0.1) is 0 Å². The van der Waals surface area contributed by atoms with Crippen LogP contribution >= 0.6 is 0 Å². The number of amides is 1. The van der Waals surface area contributed by atoms with E-state index in [2.05, 4.69) is 45.0 Å². The van der Waals surface area contributed by atoms with Crippen LogP contribution in [-0.2, 0) is 21.5 Å². The van der Waals surface area contributed by atoms with Crippen LogP contribution in [0.1, 0.15) is 56.7 Å². The second kappa shape index (κ2) is 10.3. The molecule has 0 bridgehead atoms. The molecule has 31 heavy (non-hydrogen) atoms. The first-order valence-corrected chi connectivity index (χ1v) is 11.4. The lowest BCUT2D eigenvalue weighted by atomic mass is 9.68. The zero-order valence-corrected chi connectivity index (χ0v) is 19.7. The summed E-state index contributed by atoms with van der Waals surface area (Å²) in [6, 6.07) is 16.9. The molecule has 0 saturated carbocycles. The summed E-state index contributed by atoms with van der Waals surface area (Å²) in [5.74, 6) is 1.43. The fourth-order valence-corrected chi connectivity index (χ4v) is 4.57. The summed E-state index contributed by atoms with van der Waals surface area (Å²) in [6.07, 6.45) is 3.19. The minimum Gasteiger partial charge on any atom is -0.497 e. The number of hydrogen-bond acceptors (Lipinski definition) is 3. The number of carbonyl (C=O) groups excluding carboxylic acids is 1. The maximum absolute atomic E-state index is 12.5. The predicted octanol–water partition coefficient (Wildman–Crippen LogP) is 5.52. The van der Waals surface area contributed by atoms with Gasteiger partial charge in [-0.3, -0.25) is 4.79 Å². The molecular weight excluding hydrogens is 386 g/mol. The monoisotopic (exact) mass is 423 g/mol. The van der Waals surface area contributed by atoms with Gasteiger partial charge in [-0.25, -0.2) is 0 Å². The molecule has 3 rings (SSSR count). The van der Waals surface area contributed by atoms with Crippen LogP contribution in [0.4, 0.5) is 0 Å². The maximum atomic E-state index is 12.5. The van der Waals surface area contributed by atoms with Gasteiger partial charge < -0.3 is 14.4 Å². The van der Waals surface area contributed by atoms with Crippen molar-refractivity contribution in [1.29, 1.82) is 0 Å². The first-order chi connectivity index (χ1) is 14.8. The molecule has 0 aliphatic carbocycles. The highest BCUT2D eigenvalue weighted by atomic mass is 16.5. The molecule has 0 spiro atoms. The van der Waals surface area contributed by atoms with Crippen LogP contribution < -0.4 is 4.74 Å². The van der Waals surface area contributed by atoms with Gasteiger partial charge in [0, 0.05) is 32.0 Å². The van der Waals surface area contributed by atoms with Crippen molar-refractivity contribution in [3.8, 4) is 5.75 Å². The molecule has 0 unspecified atom stereocenters. The molecule has 0 radical (unpaired) electrons. The first-order valence-electron chi connectivity index (χ1n) is 11.4. The largest absolute Gasteiger partial charge is 0.497 e. The highest BCUT2D eigenvalue weighted by Gasteiger charge is 2.39. The number of aryl methyl sites for hydroxylation is 1. The van der Waals surface area contributed by atoms with Gasteiger partial charge >= 0.3 is 0 Å². The molecular formula is C27H37NO3. The topological polar surface area (TPSA) is 38.8 Å². The number of rotatable bonds is 8. The van der Waals surface area contributed by atoms with E-state index < -0.39 is 0 Å². The molecule has 0 aromatic heterocycles. The normalized spacial score (nSPS) is 21.2. The summed E-state index contributed by atoms with van der Waals surface area (Å²) in [5.41, 5.74) is 3.80. The molecule has 4 nitrogen and oxygen atoms in total. The zero-order chi connectivity index (χ0) is 22.4. The van der Waals surface area contributed by atoms with E-state index in [1.54, 1.807) is 14.0 Å². The lowest BCUT2D eigenvalue weighted by molar-refractivity contribution is -0.130. The molecule has 168 valence electrons. The van der Waals surface area contributed by atoms with Crippen LogP contribution in [0, 0.1) is 12.8 Å². The van der Waals surface area contributed by atoms with Gasteiger partial charge in [-0.2, -0.15) is 0 Å². The molecule has 0 N–H and O–H groups in total. The summed E-state index contributed by atoms with van der Waals surface area (Å²) in [6.45, 7) is 10.4. The summed E-state index contributed by atoms with van der Waals surface area (Å²) in [7, 11) is 1.67. The van der Waals surface area contributed by atoms with Gasteiger partial charge in [0.2, 0.25) is 5.91 Å². The highest BCUT2D eigenvalue weighted by Crippen LogP contribution is 2.42. The van der Waals surface area contributed by atoms with Gasteiger partial charge in [0.25, 0.3) is 0 Å². The van der Waals surface area contributed by atoms with Crippen molar-refractivity contribution in [2.75, 3.05) is 20.3 Å². The third kappa shape index (κ3) is 5.88. The van der Waals surface area contributed by atoms with Crippen LogP contribution in [0.25, 0.3) is 0 Å². The Morgan fingerprint density at radius 3 is 2.42 bits per heavy atom. The standard InChI is InChI=1S/C27H37NO3/c1-20(2)26-18-27(15-17-31-26,24-10-6-21(3)7-11-24)14-16-28(22(4)29)19-23-8-12-25(30-5)13-9-23/h6-13,20,26H,14-19H2,1-5H3/t26-,27+/m0/s1. The van der Waals surface area contributed by atoms with Gasteiger partial charge in [-0.05, 0) is 55.4 Å². The van der Waals surface area contributed by atoms with Gasteiger partial charge in [0.15, 0.2) is 0 Å². The fraction of sp³-hybridized carbons (Fsp3) is 0.519. The average Bonchev–Trinajstić information content (AvgIpc) is 2.77. The van der Waals surface area contributed by atoms with Crippen molar-refractivity contribution in [2.45, 2.75) is 65.0 Å². The Bertz CT molecular complexity index is 844. The van der Waals surface area contributed by atoms with Crippen LogP contribution in [0.15, 0.2) is 48.5 Å². The Morgan fingerprint density at radius 1 is 1.16 bits per heavy atom. The molecule has 1 aliphatic heterocycles. The minimum absolute atomic E-state index is 0.0362. The van der Waals surface area contributed by atoms with E-state index in [1.807, 2.05) is 29.2 Å². The van der Waals surface area contributed by atoms with E-state index in [0.29, 0.717) is 12.5 Å². The highest BCUT2D eigenvalue weighted by molar-refractivity contribution is 5.73. The second-order valence-corrected chi connectivity index (χ2v) is 9.29. The lowest BCUT2D eigenvalue weighted by Gasteiger charge is -2.44. The summed E-state index contributed by atoms with van der Waals surface area (Å²) >= 11 is 0. The Kier molecular flexibility index (Phi) is 7.77. The van der Waals surface area contributed by atoms with E-state index in [-0.39, 0.29) is 17.4 Å². The fourth-order valence-electron chi connectivity index (χ4n) is 4.57. The number of nitrogens with zero attached hydrogens (tertiary/aromatic N) is 1. The third-order valence-corrected chi connectivity index (χ3v) is 6.75. The Morgan fingerprint density at radius 2 is 1.84 bits per heavy atom. The van der Waals surface area contributed by atoms with Gasteiger partial charge in [-0.1, -0.05) is 55.8 Å². The molecule has 2 aromatic carbocycles. The molecule has 1 fully saturated rings. The lowest BCUT2D eigenvalue weighted by Crippen LogP contribution is -2.43. The number of ether oxygens (including phenoxy) is 2. The molecule has 2 aromatic rings. The average molecular weight is 424 g/mol. The Hall–Kier alpha value is -2.33. The Balaban J connectivity index is 1.80. The first kappa shape index (κ1) is 23.3. The van der Waals surface area contributed by atoms with E-state index in [9.17, 15) is 4.79 Å². The zero-order valence-electron chi connectivity index (χ0n) is 19.7. The van der Waals surface area contributed by atoms with Crippen molar-refractivity contribution in [2.24, 2.45) is 5.92 Å². The summed E-state index contributed by atoms with van der Waals surface area (Å²) in [4.78, 5) is 14.4. The minimum atomic E-state index is 0.0362. The predicted molar refractivity (Wildman–Crippen MR) is 125 cm³/mol.